The van der Waals surface area contributed by atoms with Crippen LogP contribution in [0.4, 0.5) is 4.39 Å². The standard InChI is InChI=1S/C25H29FN4O3/c1-17-6-3-4-8-22(17)32-16-18(2)27-25(31)20-7-5-13-30(14-20)15-23-28-24(29-33-23)19-9-11-21(26)12-10-19/h3-4,6,8-12,18,20H,5,7,13-16H2,1-2H3,(H,27,31). The molecule has 2 heterocycles. The molecular weight excluding hydrogens is 423 g/mol. The van der Waals surface area contributed by atoms with E-state index in [4.69, 9.17) is 9.26 Å². The summed E-state index contributed by atoms with van der Waals surface area (Å²) in [6, 6.07) is 13.7. The minimum Gasteiger partial charge on any atom is -0.491 e. The Morgan fingerprint density at radius 1 is 1.27 bits per heavy atom. The summed E-state index contributed by atoms with van der Waals surface area (Å²) >= 11 is 0. The Labute approximate surface area is 192 Å². The number of rotatable bonds is 8. The van der Waals surface area contributed by atoms with E-state index in [-0.39, 0.29) is 23.7 Å². The SMILES string of the molecule is Cc1ccccc1OCC(C)NC(=O)C1CCCN(Cc2nc(-c3ccc(F)cc3)no2)C1. The maximum absolute atomic E-state index is 13.1. The molecule has 1 aliphatic rings. The number of hydrogen-bond donors (Lipinski definition) is 1. The molecule has 7 nitrogen and oxygen atoms in total. The average molecular weight is 453 g/mol. The van der Waals surface area contributed by atoms with Gasteiger partial charge in [0.1, 0.15) is 18.2 Å². The van der Waals surface area contributed by atoms with E-state index >= 15 is 0 Å². The summed E-state index contributed by atoms with van der Waals surface area (Å²) in [6.45, 7) is 6.34. The van der Waals surface area contributed by atoms with E-state index in [2.05, 4.69) is 20.4 Å². The molecular formula is C25H29FN4O3. The van der Waals surface area contributed by atoms with Crippen LogP contribution >= 0.6 is 0 Å². The zero-order chi connectivity index (χ0) is 23.2. The first kappa shape index (κ1) is 22.9. The minimum absolute atomic E-state index is 0.0399. The number of ether oxygens (including phenoxy) is 1. The van der Waals surface area contributed by atoms with E-state index in [1.807, 2.05) is 38.1 Å². The minimum atomic E-state index is -0.309. The first-order valence-electron chi connectivity index (χ1n) is 11.3. The number of nitrogens with one attached hydrogen (secondary N) is 1. The van der Waals surface area contributed by atoms with Gasteiger partial charge in [0.15, 0.2) is 0 Å². The van der Waals surface area contributed by atoms with E-state index in [0.29, 0.717) is 37.0 Å². The molecule has 1 amide bonds. The van der Waals surface area contributed by atoms with E-state index < -0.39 is 0 Å². The van der Waals surface area contributed by atoms with E-state index in [1.54, 1.807) is 12.1 Å². The van der Waals surface area contributed by atoms with E-state index in [9.17, 15) is 9.18 Å². The van der Waals surface area contributed by atoms with Gasteiger partial charge in [-0.2, -0.15) is 4.98 Å². The Kier molecular flexibility index (Phi) is 7.34. The number of para-hydroxylation sites is 1. The average Bonchev–Trinajstić information content (AvgIpc) is 3.27. The van der Waals surface area contributed by atoms with Crippen molar-refractivity contribution in [3.63, 3.8) is 0 Å². The Morgan fingerprint density at radius 2 is 2.06 bits per heavy atom. The zero-order valence-electron chi connectivity index (χ0n) is 19.0. The number of benzene rings is 2. The number of aryl methyl sites for hydroxylation is 1. The van der Waals surface area contributed by atoms with Gasteiger partial charge in [0.25, 0.3) is 0 Å². The number of carbonyl (C=O) groups is 1. The van der Waals surface area contributed by atoms with Gasteiger partial charge in [0.2, 0.25) is 17.6 Å². The molecule has 1 aromatic heterocycles. The summed E-state index contributed by atoms with van der Waals surface area (Å²) in [6.07, 6.45) is 1.77. The molecule has 2 atom stereocenters. The van der Waals surface area contributed by atoms with Crippen molar-refractivity contribution in [2.45, 2.75) is 39.3 Å². The molecule has 1 N–H and O–H groups in total. The van der Waals surface area contributed by atoms with Gasteiger partial charge in [-0.05, 0) is 69.1 Å². The lowest BCUT2D eigenvalue weighted by Gasteiger charge is -2.31. The van der Waals surface area contributed by atoms with E-state index in [1.165, 1.54) is 12.1 Å². The Balaban J connectivity index is 1.27. The van der Waals surface area contributed by atoms with Crippen LogP contribution in [0.15, 0.2) is 53.1 Å². The lowest BCUT2D eigenvalue weighted by atomic mass is 9.97. The van der Waals surface area contributed by atoms with Gasteiger partial charge in [-0.3, -0.25) is 9.69 Å². The number of aromatic nitrogens is 2. The molecule has 0 saturated carbocycles. The predicted octanol–water partition coefficient (Wildman–Crippen LogP) is 3.98. The third kappa shape index (κ3) is 6.16. The number of likely N-dealkylation sites (tertiary alicyclic amines) is 1. The molecule has 8 heteroatoms. The predicted molar refractivity (Wildman–Crippen MR) is 122 cm³/mol. The number of amides is 1. The largest absolute Gasteiger partial charge is 0.491 e. The molecule has 2 unspecified atom stereocenters. The van der Waals surface area contributed by atoms with Crippen LogP contribution in [0.1, 0.15) is 31.2 Å². The van der Waals surface area contributed by atoms with Crippen molar-refractivity contribution < 1.29 is 18.4 Å². The molecule has 1 aliphatic heterocycles. The molecule has 2 aromatic carbocycles. The van der Waals surface area contributed by atoms with Crippen LogP contribution in [0, 0.1) is 18.7 Å². The first-order valence-corrected chi connectivity index (χ1v) is 11.3. The van der Waals surface area contributed by atoms with Gasteiger partial charge in [-0.25, -0.2) is 4.39 Å². The van der Waals surface area contributed by atoms with Gasteiger partial charge >= 0.3 is 0 Å². The Hall–Kier alpha value is -3.26. The second-order valence-corrected chi connectivity index (χ2v) is 8.58. The lowest BCUT2D eigenvalue weighted by Crippen LogP contribution is -2.46. The van der Waals surface area contributed by atoms with Crippen LogP contribution in [0.5, 0.6) is 5.75 Å². The fourth-order valence-electron chi connectivity index (χ4n) is 3.98. The normalized spacial score (nSPS) is 17.5. The van der Waals surface area contributed by atoms with Crippen LogP contribution in [0.2, 0.25) is 0 Å². The molecule has 0 bridgehead atoms. The van der Waals surface area contributed by atoms with Crippen molar-refractivity contribution in [1.29, 1.82) is 0 Å². The highest BCUT2D eigenvalue weighted by molar-refractivity contribution is 5.79. The highest BCUT2D eigenvalue weighted by Crippen LogP contribution is 2.21. The van der Waals surface area contributed by atoms with E-state index in [0.717, 1.165) is 30.7 Å². The van der Waals surface area contributed by atoms with Crippen LogP contribution < -0.4 is 10.1 Å². The van der Waals surface area contributed by atoms with Crippen molar-refractivity contribution in [1.82, 2.24) is 20.4 Å². The molecule has 1 fully saturated rings. The number of carbonyl (C=O) groups excluding carboxylic acids is 1. The monoisotopic (exact) mass is 452 g/mol. The molecule has 0 aliphatic carbocycles. The van der Waals surface area contributed by atoms with Gasteiger partial charge in [-0.1, -0.05) is 23.4 Å². The van der Waals surface area contributed by atoms with Gasteiger partial charge in [0.05, 0.1) is 18.5 Å². The van der Waals surface area contributed by atoms with Gasteiger partial charge in [0, 0.05) is 12.1 Å². The number of nitrogens with zero attached hydrogens (tertiary/aromatic N) is 3. The van der Waals surface area contributed by atoms with Gasteiger partial charge < -0.3 is 14.6 Å². The smallest absolute Gasteiger partial charge is 0.241 e. The van der Waals surface area contributed by atoms with Gasteiger partial charge in [-0.15, -0.1) is 0 Å². The third-order valence-electron chi connectivity index (χ3n) is 5.78. The Morgan fingerprint density at radius 3 is 2.85 bits per heavy atom. The maximum atomic E-state index is 13.1. The second-order valence-electron chi connectivity index (χ2n) is 8.58. The third-order valence-corrected chi connectivity index (χ3v) is 5.78. The highest BCUT2D eigenvalue weighted by Gasteiger charge is 2.27. The topological polar surface area (TPSA) is 80.5 Å². The fraction of sp³-hybridized carbons (Fsp3) is 0.400. The molecule has 1 saturated heterocycles. The molecule has 0 radical (unpaired) electrons. The van der Waals surface area contributed by atoms with Crippen molar-refractivity contribution in [3.05, 3.63) is 65.8 Å². The van der Waals surface area contributed by atoms with Crippen LogP contribution in [0.3, 0.4) is 0 Å². The molecule has 3 aromatic rings. The first-order chi connectivity index (χ1) is 16.0. The number of halogens is 1. The second kappa shape index (κ2) is 10.6. The lowest BCUT2D eigenvalue weighted by molar-refractivity contribution is -0.127. The zero-order valence-corrected chi connectivity index (χ0v) is 19.0. The summed E-state index contributed by atoms with van der Waals surface area (Å²) in [4.78, 5) is 19.4. The summed E-state index contributed by atoms with van der Waals surface area (Å²) in [7, 11) is 0. The van der Waals surface area contributed by atoms with Crippen molar-refractivity contribution in [2.75, 3.05) is 19.7 Å². The summed E-state index contributed by atoms with van der Waals surface area (Å²) in [5.74, 6) is 1.38. The summed E-state index contributed by atoms with van der Waals surface area (Å²) < 4.78 is 24.4. The van der Waals surface area contributed by atoms with Crippen molar-refractivity contribution >= 4 is 5.91 Å². The molecule has 0 spiro atoms. The number of hydrogen-bond acceptors (Lipinski definition) is 6. The highest BCUT2D eigenvalue weighted by atomic mass is 19.1. The fourth-order valence-corrected chi connectivity index (χ4v) is 3.98. The van der Waals surface area contributed by atoms with Crippen molar-refractivity contribution in [2.24, 2.45) is 5.92 Å². The molecule has 4 rings (SSSR count). The quantitative estimate of drug-likeness (QED) is 0.557. The molecule has 33 heavy (non-hydrogen) atoms. The van der Waals surface area contributed by atoms with Crippen LogP contribution in [-0.2, 0) is 11.3 Å². The summed E-state index contributed by atoms with van der Waals surface area (Å²) in [5.41, 5.74) is 1.77. The molecule has 174 valence electrons. The summed E-state index contributed by atoms with van der Waals surface area (Å²) in [5, 5.41) is 7.08. The Bertz CT molecular complexity index is 1070. The van der Waals surface area contributed by atoms with Crippen LogP contribution in [-0.4, -0.2) is 46.7 Å². The van der Waals surface area contributed by atoms with Crippen LogP contribution in [0.25, 0.3) is 11.4 Å². The number of piperidine rings is 1. The maximum Gasteiger partial charge on any atom is 0.241 e. The van der Waals surface area contributed by atoms with Crippen molar-refractivity contribution in [3.8, 4) is 17.1 Å².